The minimum absolute atomic E-state index is 0.0382. The highest BCUT2D eigenvalue weighted by molar-refractivity contribution is 6.26. The van der Waals surface area contributed by atoms with Crippen LogP contribution in [-0.4, -0.2) is 30.1 Å². The Morgan fingerprint density at radius 3 is 2.15 bits per heavy atom. The molecule has 3 N–H and O–H groups in total. The maximum Gasteiger partial charge on any atom is 0.237 e. The van der Waals surface area contributed by atoms with Crippen LogP contribution in [0.15, 0.2) is 90.0 Å². The molecule has 0 heterocycles. The Hall–Kier alpha value is -4.03. The first-order valence-corrected chi connectivity index (χ1v) is 11.1. The lowest BCUT2D eigenvalue weighted by Gasteiger charge is -2.20. The first-order valence-electron chi connectivity index (χ1n) is 11.1. The quantitative estimate of drug-likeness (QED) is 0.541. The van der Waals surface area contributed by atoms with Crippen LogP contribution in [-0.2, 0) is 17.8 Å². The molecule has 1 amide bonds. The number of ketones is 2. The first-order chi connectivity index (χ1) is 16.4. The lowest BCUT2D eigenvalue weighted by molar-refractivity contribution is -0.122. The van der Waals surface area contributed by atoms with E-state index in [2.05, 4.69) is 5.32 Å². The summed E-state index contributed by atoms with van der Waals surface area (Å²) in [7, 11) is 0. The van der Waals surface area contributed by atoms with E-state index in [0.29, 0.717) is 35.3 Å². The van der Waals surface area contributed by atoms with Gasteiger partial charge >= 0.3 is 0 Å². The van der Waals surface area contributed by atoms with E-state index in [1.165, 1.54) is 0 Å². The number of hydrogen-bond acceptors (Lipinski definition) is 5. The second-order valence-corrected chi connectivity index (χ2v) is 8.25. The van der Waals surface area contributed by atoms with Gasteiger partial charge in [0.15, 0.2) is 11.6 Å². The topological polar surface area (TPSA) is 98.5 Å². The number of nitrogens with two attached hydrogens (primary N) is 1. The van der Waals surface area contributed by atoms with Crippen molar-refractivity contribution in [2.45, 2.75) is 26.0 Å². The fourth-order valence-electron chi connectivity index (χ4n) is 3.88. The zero-order valence-corrected chi connectivity index (χ0v) is 18.9. The monoisotopic (exact) mass is 454 g/mol. The van der Waals surface area contributed by atoms with Crippen molar-refractivity contribution < 1.29 is 19.1 Å². The summed E-state index contributed by atoms with van der Waals surface area (Å²) in [4.78, 5) is 38.0. The van der Waals surface area contributed by atoms with Crippen LogP contribution in [0, 0.1) is 0 Å². The maximum absolute atomic E-state index is 12.8. The lowest BCUT2D eigenvalue weighted by Crippen LogP contribution is -2.43. The number of nitrogens with one attached hydrogen (secondary N) is 1. The van der Waals surface area contributed by atoms with Crippen LogP contribution < -0.4 is 15.8 Å². The maximum atomic E-state index is 12.8. The Bertz CT molecular complexity index is 1250. The minimum atomic E-state index is -0.793. The summed E-state index contributed by atoms with van der Waals surface area (Å²) >= 11 is 0. The predicted octanol–water partition coefficient (Wildman–Crippen LogP) is 3.65. The SMILES string of the molecule is CC1=C(CNC(=O)[C@H](N)Cc2ccc(OCc3ccccc3)cc2)C(=O)c2ccccc2C1=O. The molecular weight excluding hydrogens is 428 g/mol. The number of carbonyl (C=O) groups is 3. The third kappa shape index (κ3) is 5.13. The summed E-state index contributed by atoms with van der Waals surface area (Å²) in [6.45, 7) is 2.05. The molecule has 0 saturated carbocycles. The van der Waals surface area contributed by atoms with Gasteiger partial charge in [-0.3, -0.25) is 14.4 Å². The van der Waals surface area contributed by atoms with Gasteiger partial charge in [0.2, 0.25) is 5.91 Å². The van der Waals surface area contributed by atoms with Crippen molar-refractivity contribution in [3.63, 3.8) is 0 Å². The zero-order valence-electron chi connectivity index (χ0n) is 18.9. The molecule has 172 valence electrons. The highest BCUT2D eigenvalue weighted by Crippen LogP contribution is 2.25. The van der Waals surface area contributed by atoms with Gasteiger partial charge in [-0.15, -0.1) is 0 Å². The van der Waals surface area contributed by atoms with E-state index >= 15 is 0 Å². The molecule has 6 nitrogen and oxygen atoms in total. The normalized spacial score (nSPS) is 13.9. The van der Waals surface area contributed by atoms with Crippen LogP contribution in [0.1, 0.15) is 38.8 Å². The summed E-state index contributed by atoms with van der Waals surface area (Å²) in [5, 5.41) is 2.71. The van der Waals surface area contributed by atoms with Gasteiger partial charge in [-0.25, -0.2) is 0 Å². The van der Waals surface area contributed by atoms with Gasteiger partial charge in [0.05, 0.1) is 6.04 Å². The second kappa shape index (κ2) is 10.3. The fourth-order valence-corrected chi connectivity index (χ4v) is 3.88. The van der Waals surface area contributed by atoms with E-state index in [-0.39, 0.29) is 24.0 Å². The molecule has 3 aromatic rings. The smallest absolute Gasteiger partial charge is 0.237 e. The van der Waals surface area contributed by atoms with Gasteiger partial charge in [-0.05, 0) is 36.6 Å². The van der Waals surface area contributed by atoms with Gasteiger partial charge in [-0.1, -0.05) is 66.7 Å². The molecular formula is C28H26N2O4. The van der Waals surface area contributed by atoms with Gasteiger partial charge < -0.3 is 15.8 Å². The lowest BCUT2D eigenvalue weighted by atomic mass is 9.84. The highest BCUT2D eigenvalue weighted by atomic mass is 16.5. The Morgan fingerprint density at radius 1 is 0.853 bits per heavy atom. The first kappa shape index (κ1) is 23.1. The summed E-state index contributed by atoms with van der Waals surface area (Å²) in [5.74, 6) is -0.0939. The van der Waals surface area contributed by atoms with E-state index in [1.54, 1.807) is 31.2 Å². The number of benzene rings is 3. The molecule has 0 unspecified atom stereocenters. The second-order valence-electron chi connectivity index (χ2n) is 8.25. The number of carbonyl (C=O) groups excluding carboxylic acids is 3. The van der Waals surface area contributed by atoms with E-state index in [4.69, 9.17) is 10.5 Å². The molecule has 1 aliphatic carbocycles. The average molecular weight is 455 g/mol. The predicted molar refractivity (Wildman–Crippen MR) is 130 cm³/mol. The van der Waals surface area contributed by atoms with E-state index in [0.717, 1.165) is 16.9 Å². The number of rotatable bonds is 8. The molecule has 0 spiro atoms. The summed E-state index contributed by atoms with van der Waals surface area (Å²) < 4.78 is 5.78. The molecule has 1 atom stereocenters. The van der Waals surface area contributed by atoms with Crippen LogP contribution in [0.25, 0.3) is 0 Å². The minimum Gasteiger partial charge on any atom is -0.489 e. The molecule has 6 heteroatoms. The van der Waals surface area contributed by atoms with Crippen LogP contribution in [0.4, 0.5) is 0 Å². The van der Waals surface area contributed by atoms with Gasteiger partial charge in [0, 0.05) is 28.8 Å². The Kier molecular flexibility index (Phi) is 6.99. The molecule has 34 heavy (non-hydrogen) atoms. The number of hydrogen-bond donors (Lipinski definition) is 2. The molecule has 0 aromatic heterocycles. The van der Waals surface area contributed by atoms with Crippen molar-refractivity contribution in [2.24, 2.45) is 5.73 Å². The zero-order chi connectivity index (χ0) is 24.1. The molecule has 0 fully saturated rings. The summed E-state index contributed by atoms with van der Waals surface area (Å²) in [6.07, 6.45) is 0.332. The number of Topliss-reactive ketones (excluding diaryl/α,β-unsaturated/α-hetero) is 2. The largest absolute Gasteiger partial charge is 0.489 e. The van der Waals surface area contributed by atoms with E-state index in [1.807, 2.05) is 54.6 Å². The van der Waals surface area contributed by atoms with E-state index in [9.17, 15) is 14.4 Å². The number of fused-ring (bicyclic) bond motifs is 1. The van der Waals surface area contributed by atoms with Crippen molar-refractivity contribution >= 4 is 17.5 Å². The Labute approximate surface area is 198 Å². The Morgan fingerprint density at radius 2 is 1.47 bits per heavy atom. The van der Waals surface area contributed by atoms with Crippen molar-refractivity contribution in [2.75, 3.05) is 6.54 Å². The van der Waals surface area contributed by atoms with Gasteiger partial charge in [0.1, 0.15) is 12.4 Å². The Balaban J connectivity index is 1.31. The number of amides is 1. The molecule has 0 aliphatic heterocycles. The summed E-state index contributed by atoms with van der Waals surface area (Å²) in [5.41, 5.74) is 9.48. The van der Waals surface area contributed by atoms with Gasteiger partial charge in [0.25, 0.3) is 0 Å². The number of ether oxygens (including phenoxy) is 1. The van der Waals surface area contributed by atoms with Crippen molar-refractivity contribution in [1.29, 1.82) is 0 Å². The van der Waals surface area contributed by atoms with Gasteiger partial charge in [-0.2, -0.15) is 0 Å². The van der Waals surface area contributed by atoms with E-state index < -0.39 is 6.04 Å². The van der Waals surface area contributed by atoms with Crippen LogP contribution in [0.3, 0.4) is 0 Å². The molecule has 4 rings (SSSR count). The summed E-state index contributed by atoms with van der Waals surface area (Å²) in [6, 6.07) is 23.3. The molecule has 1 aliphatic rings. The average Bonchev–Trinajstić information content (AvgIpc) is 2.87. The number of allylic oxidation sites excluding steroid dienone is 1. The highest BCUT2D eigenvalue weighted by Gasteiger charge is 2.29. The molecule has 0 bridgehead atoms. The molecule has 0 saturated heterocycles. The van der Waals surface area contributed by atoms with Crippen molar-refractivity contribution in [3.8, 4) is 5.75 Å². The molecule has 0 radical (unpaired) electrons. The van der Waals surface area contributed by atoms with Crippen LogP contribution in [0.5, 0.6) is 5.75 Å². The van der Waals surface area contributed by atoms with Crippen molar-refractivity contribution in [1.82, 2.24) is 5.32 Å². The standard InChI is InChI=1S/C28H26N2O4/c1-18-24(27(32)23-10-6-5-9-22(23)26(18)31)16-30-28(33)25(29)15-19-11-13-21(14-12-19)34-17-20-7-3-2-4-8-20/h2-14,25H,15-17,29H2,1H3,(H,30,33)/t25-/m1/s1. The third-order valence-corrected chi connectivity index (χ3v) is 5.89. The van der Waals surface area contributed by atoms with Crippen LogP contribution in [0.2, 0.25) is 0 Å². The van der Waals surface area contributed by atoms with Crippen LogP contribution >= 0.6 is 0 Å². The fraction of sp³-hybridized carbons (Fsp3) is 0.179. The van der Waals surface area contributed by atoms with Crippen molar-refractivity contribution in [3.05, 3.63) is 112 Å². The third-order valence-electron chi connectivity index (χ3n) is 5.89. The molecule has 3 aromatic carbocycles.